The lowest BCUT2D eigenvalue weighted by atomic mass is 10.2. The molecule has 0 aliphatic carbocycles. The van der Waals surface area contributed by atoms with Gasteiger partial charge < -0.3 is 11.1 Å². The van der Waals surface area contributed by atoms with E-state index in [1.54, 1.807) is 0 Å². The SMILES string of the molecule is Cc1cc(F)c(Nc2ncc(N)cc2C#N)cc1F. The second kappa shape index (κ2) is 4.90. The second-order valence-corrected chi connectivity index (χ2v) is 3.98. The molecule has 4 nitrogen and oxygen atoms in total. The van der Waals surface area contributed by atoms with Gasteiger partial charge in [0.2, 0.25) is 0 Å². The molecular formula is C13H10F2N4. The van der Waals surface area contributed by atoms with Crippen LogP contribution in [0.5, 0.6) is 0 Å². The van der Waals surface area contributed by atoms with E-state index in [1.807, 2.05) is 6.07 Å². The van der Waals surface area contributed by atoms with Crippen LogP contribution in [-0.4, -0.2) is 4.98 Å². The summed E-state index contributed by atoms with van der Waals surface area (Å²) >= 11 is 0. The molecule has 0 unspecified atom stereocenters. The van der Waals surface area contributed by atoms with Crippen LogP contribution in [0.15, 0.2) is 24.4 Å². The van der Waals surface area contributed by atoms with Crippen LogP contribution in [-0.2, 0) is 0 Å². The molecule has 0 bridgehead atoms. The first kappa shape index (κ1) is 12.8. The van der Waals surface area contributed by atoms with Crippen molar-refractivity contribution in [3.05, 3.63) is 47.2 Å². The number of nitrogens with two attached hydrogens (primary N) is 1. The summed E-state index contributed by atoms with van der Waals surface area (Å²) in [5.74, 6) is -1.04. The number of benzene rings is 1. The molecule has 1 aromatic carbocycles. The van der Waals surface area contributed by atoms with Gasteiger partial charge in [0.15, 0.2) is 0 Å². The van der Waals surface area contributed by atoms with Crippen molar-refractivity contribution in [3.8, 4) is 6.07 Å². The van der Waals surface area contributed by atoms with E-state index < -0.39 is 11.6 Å². The fourth-order valence-corrected chi connectivity index (χ4v) is 1.54. The van der Waals surface area contributed by atoms with Crippen LogP contribution in [0.4, 0.5) is 26.0 Å². The molecule has 0 amide bonds. The number of rotatable bonds is 2. The van der Waals surface area contributed by atoms with Crippen LogP contribution in [0, 0.1) is 29.9 Å². The van der Waals surface area contributed by atoms with Crippen LogP contribution in [0.25, 0.3) is 0 Å². The first-order valence-corrected chi connectivity index (χ1v) is 5.39. The molecule has 2 rings (SSSR count). The summed E-state index contributed by atoms with van der Waals surface area (Å²) in [6.45, 7) is 1.46. The molecule has 0 fully saturated rings. The van der Waals surface area contributed by atoms with E-state index in [0.717, 1.165) is 12.1 Å². The number of pyridine rings is 1. The third-order valence-corrected chi connectivity index (χ3v) is 2.53. The Hall–Kier alpha value is -2.68. The molecule has 1 heterocycles. The number of nitrogens with zero attached hydrogens (tertiary/aromatic N) is 2. The molecule has 96 valence electrons. The standard InChI is InChI=1S/C13H10F2N4/c1-7-2-11(15)12(4-10(7)14)19-13-8(5-16)3-9(17)6-18-13/h2-4,6H,17H2,1H3,(H,18,19). The fraction of sp³-hybridized carbons (Fsp3) is 0.0769. The normalized spacial score (nSPS) is 10.0. The van der Waals surface area contributed by atoms with Gasteiger partial charge in [0.1, 0.15) is 23.5 Å². The van der Waals surface area contributed by atoms with Crippen molar-refractivity contribution in [2.45, 2.75) is 6.92 Å². The van der Waals surface area contributed by atoms with Gasteiger partial charge in [-0.05, 0) is 24.6 Å². The number of nitrogen functional groups attached to an aromatic ring is 1. The van der Waals surface area contributed by atoms with Crippen LogP contribution < -0.4 is 11.1 Å². The van der Waals surface area contributed by atoms with Crippen LogP contribution in [0.2, 0.25) is 0 Å². The van der Waals surface area contributed by atoms with Gasteiger partial charge in [-0.25, -0.2) is 13.8 Å². The topological polar surface area (TPSA) is 74.7 Å². The summed E-state index contributed by atoms with van der Waals surface area (Å²) in [5, 5.41) is 11.5. The summed E-state index contributed by atoms with van der Waals surface area (Å²) in [6, 6.07) is 5.37. The molecule has 0 radical (unpaired) electrons. The largest absolute Gasteiger partial charge is 0.397 e. The molecule has 1 aromatic heterocycles. The zero-order valence-electron chi connectivity index (χ0n) is 10.0. The fourth-order valence-electron chi connectivity index (χ4n) is 1.54. The molecule has 19 heavy (non-hydrogen) atoms. The predicted molar refractivity (Wildman–Crippen MR) is 67.7 cm³/mol. The van der Waals surface area contributed by atoms with Gasteiger partial charge in [-0.2, -0.15) is 5.26 Å². The van der Waals surface area contributed by atoms with E-state index in [-0.39, 0.29) is 22.6 Å². The minimum atomic E-state index is -0.624. The highest BCUT2D eigenvalue weighted by Gasteiger charge is 2.10. The van der Waals surface area contributed by atoms with E-state index in [2.05, 4.69) is 10.3 Å². The van der Waals surface area contributed by atoms with E-state index in [0.29, 0.717) is 5.69 Å². The summed E-state index contributed by atoms with van der Waals surface area (Å²) in [5.41, 5.74) is 6.08. The van der Waals surface area contributed by atoms with Crippen molar-refractivity contribution in [1.29, 1.82) is 5.26 Å². The molecule has 0 saturated heterocycles. The quantitative estimate of drug-likeness (QED) is 0.870. The summed E-state index contributed by atoms with van der Waals surface area (Å²) in [4.78, 5) is 3.89. The molecule has 0 aliphatic heterocycles. The average molecular weight is 260 g/mol. The lowest BCUT2D eigenvalue weighted by Crippen LogP contribution is -2.01. The Morgan fingerprint density at radius 1 is 1.26 bits per heavy atom. The lowest BCUT2D eigenvalue weighted by molar-refractivity contribution is 0.595. The maximum absolute atomic E-state index is 13.7. The number of halogens is 2. The van der Waals surface area contributed by atoms with Crippen molar-refractivity contribution in [1.82, 2.24) is 4.98 Å². The van der Waals surface area contributed by atoms with Gasteiger partial charge in [-0.3, -0.25) is 0 Å². The van der Waals surface area contributed by atoms with Crippen LogP contribution >= 0.6 is 0 Å². The Balaban J connectivity index is 2.42. The number of hydrogen-bond donors (Lipinski definition) is 2. The minimum Gasteiger partial charge on any atom is -0.397 e. The summed E-state index contributed by atoms with van der Waals surface area (Å²) in [6.07, 6.45) is 1.33. The maximum Gasteiger partial charge on any atom is 0.148 e. The number of nitrogens with one attached hydrogen (secondary N) is 1. The van der Waals surface area contributed by atoms with Crippen molar-refractivity contribution in [2.24, 2.45) is 0 Å². The van der Waals surface area contributed by atoms with Gasteiger partial charge in [0, 0.05) is 6.07 Å². The van der Waals surface area contributed by atoms with E-state index in [1.165, 1.54) is 19.2 Å². The first-order valence-electron chi connectivity index (χ1n) is 5.39. The Morgan fingerprint density at radius 2 is 2.00 bits per heavy atom. The predicted octanol–water partition coefficient (Wildman–Crippen LogP) is 2.87. The van der Waals surface area contributed by atoms with Crippen molar-refractivity contribution in [2.75, 3.05) is 11.1 Å². The molecule has 0 aliphatic rings. The molecule has 6 heteroatoms. The molecule has 0 saturated carbocycles. The number of aromatic nitrogens is 1. The highest BCUT2D eigenvalue weighted by Crippen LogP contribution is 2.24. The Bertz CT molecular complexity index is 677. The first-order chi connectivity index (χ1) is 9.01. The number of anilines is 3. The Kier molecular flexibility index (Phi) is 3.29. The van der Waals surface area contributed by atoms with E-state index in [4.69, 9.17) is 11.0 Å². The zero-order valence-corrected chi connectivity index (χ0v) is 10.0. The van der Waals surface area contributed by atoms with Gasteiger partial charge in [-0.15, -0.1) is 0 Å². The molecule has 2 aromatic rings. The lowest BCUT2D eigenvalue weighted by Gasteiger charge is -2.09. The number of nitriles is 1. The number of aryl methyl sites for hydroxylation is 1. The monoisotopic (exact) mass is 260 g/mol. The molecular weight excluding hydrogens is 250 g/mol. The third kappa shape index (κ3) is 2.60. The zero-order chi connectivity index (χ0) is 14.0. The Morgan fingerprint density at radius 3 is 2.68 bits per heavy atom. The average Bonchev–Trinajstić information content (AvgIpc) is 2.37. The Labute approximate surface area is 108 Å². The van der Waals surface area contributed by atoms with Crippen LogP contribution in [0.3, 0.4) is 0 Å². The van der Waals surface area contributed by atoms with Gasteiger partial charge in [-0.1, -0.05) is 0 Å². The van der Waals surface area contributed by atoms with Gasteiger partial charge >= 0.3 is 0 Å². The van der Waals surface area contributed by atoms with Gasteiger partial charge in [0.25, 0.3) is 0 Å². The van der Waals surface area contributed by atoms with Crippen molar-refractivity contribution in [3.63, 3.8) is 0 Å². The summed E-state index contributed by atoms with van der Waals surface area (Å²) < 4.78 is 27.1. The summed E-state index contributed by atoms with van der Waals surface area (Å²) in [7, 11) is 0. The van der Waals surface area contributed by atoms with Crippen molar-refractivity contribution >= 4 is 17.2 Å². The second-order valence-electron chi connectivity index (χ2n) is 3.98. The van der Waals surface area contributed by atoms with Crippen molar-refractivity contribution < 1.29 is 8.78 Å². The van der Waals surface area contributed by atoms with Gasteiger partial charge in [0.05, 0.1) is 23.1 Å². The molecule has 0 spiro atoms. The third-order valence-electron chi connectivity index (χ3n) is 2.53. The smallest absolute Gasteiger partial charge is 0.148 e. The highest BCUT2D eigenvalue weighted by molar-refractivity contribution is 5.65. The van der Waals surface area contributed by atoms with E-state index >= 15 is 0 Å². The molecule has 0 atom stereocenters. The van der Waals surface area contributed by atoms with Crippen LogP contribution in [0.1, 0.15) is 11.1 Å². The molecule has 3 N–H and O–H groups in total. The maximum atomic E-state index is 13.7. The van der Waals surface area contributed by atoms with E-state index in [9.17, 15) is 8.78 Å². The number of hydrogen-bond acceptors (Lipinski definition) is 4. The minimum absolute atomic E-state index is 0.0862. The highest BCUT2D eigenvalue weighted by atomic mass is 19.1.